The van der Waals surface area contributed by atoms with Crippen LogP contribution in [0.1, 0.15) is 6.92 Å². The highest BCUT2D eigenvalue weighted by molar-refractivity contribution is 5.86. The fourth-order valence-electron chi connectivity index (χ4n) is 0. The molecule has 0 heterocycles. The lowest BCUT2D eigenvalue weighted by molar-refractivity contribution is 0.318. The van der Waals surface area contributed by atoms with Gasteiger partial charge in [0.05, 0.1) is 0 Å². The second kappa shape index (κ2) is 40.6. The molecule has 0 saturated carbocycles. The van der Waals surface area contributed by atoms with Gasteiger partial charge in [0, 0.05) is 6.61 Å². The van der Waals surface area contributed by atoms with Gasteiger partial charge < -0.3 is 5.11 Å². The maximum absolute atomic E-state index is 7.57. The summed E-state index contributed by atoms with van der Waals surface area (Å²) < 4.78 is 0. The van der Waals surface area contributed by atoms with Gasteiger partial charge in [-0.05, 0) is 6.92 Å². The van der Waals surface area contributed by atoms with Crippen LogP contribution in [-0.2, 0) is 0 Å². The average Bonchev–Trinajstić information content (AvgIpc) is 0.918. The first kappa shape index (κ1) is 29.0. The van der Waals surface area contributed by atoms with Crippen molar-refractivity contribution >= 4 is 37.2 Å². The Balaban J connectivity index is -0.00000000667. The Kier molecular flexibility index (Phi) is 196. The first-order valence-corrected chi connectivity index (χ1v) is 1.02. The monoisotopic (exact) mass is 154 g/mol. The Hall–Kier alpha value is 0.830. The van der Waals surface area contributed by atoms with Crippen LogP contribution in [0.3, 0.4) is 0 Å². The zero-order chi connectivity index (χ0) is 2.71. The van der Waals surface area contributed by atoms with Crippen molar-refractivity contribution in [1.29, 1.82) is 0 Å². The highest BCUT2D eigenvalue weighted by Crippen LogP contribution is 1.30. The van der Waals surface area contributed by atoms with E-state index in [1.165, 1.54) is 0 Å². The van der Waals surface area contributed by atoms with E-state index < -0.39 is 0 Å². The second-order valence-corrected chi connectivity index (χ2v) is 0.316. The summed E-state index contributed by atoms with van der Waals surface area (Å²) in [6, 6.07) is 0. The zero-order valence-electron chi connectivity index (χ0n) is 3.38. The molecule has 0 aromatic rings. The highest BCUT2D eigenvalue weighted by Gasteiger charge is 1.34. The number of rotatable bonds is 0. The summed E-state index contributed by atoms with van der Waals surface area (Å²) in [5.41, 5.74) is 0. The number of aliphatic hydroxyl groups is 1. The lowest BCUT2D eigenvalue weighted by atomic mass is 10.9. The van der Waals surface area contributed by atoms with E-state index in [9.17, 15) is 0 Å². The maximum atomic E-state index is 7.57. The molecule has 0 aromatic carbocycles. The minimum atomic E-state index is 0. The fourth-order valence-corrected chi connectivity index (χ4v) is 0. The molecule has 0 aromatic heterocycles. The van der Waals surface area contributed by atoms with E-state index in [0.717, 1.165) is 0 Å². The van der Waals surface area contributed by atoms with Crippen LogP contribution in [0.25, 0.3) is 0 Å². The quantitative estimate of drug-likeness (QED) is 0.558. The molecule has 0 bridgehead atoms. The number of hydrogen-bond acceptors (Lipinski definition) is 1. The lowest BCUT2D eigenvalue weighted by Gasteiger charge is -1.52. The van der Waals surface area contributed by atoms with Gasteiger partial charge in [0.2, 0.25) is 0 Å². The van der Waals surface area contributed by atoms with Crippen molar-refractivity contribution in [1.82, 2.24) is 0 Å². The second-order valence-electron chi connectivity index (χ2n) is 0.316. The summed E-state index contributed by atoms with van der Waals surface area (Å²) in [6.45, 7) is 1.93. The Morgan fingerprint density at radius 2 is 1.17 bits per heavy atom. The van der Waals surface area contributed by atoms with Crippen molar-refractivity contribution in [3.05, 3.63) is 0 Å². The van der Waals surface area contributed by atoms with Gasteiger partial charge in [-0.1, -0.05) is 0 Å². The molecule has 4 heteroatoms. The molecule has 0 saturated heterocycles. The topological polar surface area (TPSA) is 20.2 Å². The predicted octanol–water partition coefficient (Wildman–Crippen LogP) is 1.26. The maximum Gasteiger partial charge on any atom is 0.0402 e. The smallest absolute Gasteiger partial charge is 0.0402 e. The van der Waals surface area contributed by atoms with Crippen LogP contribution in [0.5, 0.6) is 0 Å². The molecule has 0 aliphatic rings. The minimum Gasteiger partial charge on any atom is -0.397 e. The number of aliphatic hydroxyl groups excluding tert-OH is 1. The van der Waals surface area contributed by atoms with Gasteiger partial charge in [-0.15, -0.1) is 37.2 Å². The normalized spacial score (nSPS) is 3.00. The molecule has 0 unspecified atom stereocenters. The molecule has 0 rings (SSSR count). The summed E-state index contributed by atoms with van der Waals surface area (Å²) in [6.07, 6.45) is 0. The molecule has 44 valence electrons. The Labute approximate surface area is 56.4 Å². The molecule has 0 aliphatic heterocycles. The molecule has 0 atom stereocenters. The summed E-state index contributed by atoms with van der Waals surface area (Å²) in [4.78, 5) is 0. The van der Waals surface area contributed by atoms with Crippen LogP contribution in [0.15, 0.2) is 0 Å². The molecule has 0 aliphatic carbocycles. The van der Waals surface area contributed by atoms with E-state index in [2.05, 4.69) is 0 Å². The summed E-state index contributed by atoms with van der Waals surface area (Å²) >= 11 is 0. The zero-order valence-corrected chi connectivity index (χ0v) is 5.83. The van der Waals surface area contributed by atoms with Gasteiger partial charge in [0.1, 0.15) is 0 Å². The van der Waals surface area contributed by atoms with Crippen molar-refractivity contribution in [3.8, 4) is 0 Å². The van der Waals surface area contributed by atoms with E-state index in [0.29, 0.717) is 0 Å². The van der Waals surface area contributed by atoms with E-state index in [4.69, 9.17) is 5.11 Å². The Morgan fingerprint density at radius 1 is 1.17 bits per heavy atom. The van der Waals surface area contributed by atoms with Crippen LogP contribution >= 0.6 is 37.2 Å². The number of hydrogen-bond donors (Lipinski definition) is 1. The van der Waals surface area contributed by atoms with Crippen molar-refractivity contribution in [2.45, 2.75) is 6.92 Å². The van der Waals surface area contributed by atoms with Gasteiger partial charge in [-0.2, -0.15) is 0 Å². The first-order valence-electron chi connectivity index (χ1n) is 1.02. The molecular formula is C2H9Cl3O. The lowest BCUT2D eigenvalue weighted by Crippen LogP contribution is -1.57. The Morgan fingerprint density at radius 3 is 1.17 bits per heavy atom. The van der Waals surface area contributed by atoms with Crippen LogP contribution in [0.4, 0.5) is 0 Å². The molecule has 0 radical (unpaired) electrons. The Bertz CT molecular complexity index is 8.75. The van der Waals surface area contributed by atoms with Gasteiger partial charge in [-0.3, -0.25) is 0 Å². The van der Waals surface area contributed by atoms with Gasteiger partial charge in [0.15, 0.2) is 0 Å². The summed E-state index contributed by atoms with van der Waals surface area (Å²) in [7, 11) is 0. The highest BCUT2D eigenvalue weighted by atomic mass is 35.5. The van der Waals surface area contributed by atoms with Gasteiger partial charge in [-0.25, -0.2) is 0 Å². The number of halogens is 3. The third kappa shape index (κ3) is 103. The third-order valence-corrected chi connectivity index (χ3v) is 0. The molecule has 1 nitrogen and oxygen atoms in total. The summed E-state index contributed by atoms with van der Waals surface area (Å²) in [5, 5.41) is 7.57. The van der Waals surface area contributed by atoms with Crippen LogP contribution < -0.4 is 0 Å². The van der Waals surface area contributed by atoms with Crippen molar-refractivity contribution < 1.29 is 5.11 Å². The molecular weight excluding hydrogens is 146 g/mol. The van der Waals surface area contributed by atoms with Crippen molar-refractivity contribution in [3.63, 3.8) is 0 Å². The van der Waals surface area contributed by atoms with Gasteiger partial charge in [0.25, 0.3) is 0 Å². The van der Waals surface area contributed by atoms with Crippen molar-refractivity contribution in [2.75, 3.05) is 6.61 Å². The van der Waals surface area contributed by atoms with Crippen LogP contribution in [0.2, 0.25) is 0 Å². The van der Waals surface area contributed by atoms with E-state index in [1.54, 1.807) is 6.92 Å². The molecule has 0 amide bonds. The summed E-state index contributed by atoms with van der Waals surface area (Å²) in [5.74, 6) is 0. The molecule has 0 fully saturated rings. The van der Waals surface area contributed by atoms with Crippen LogP contribution in [-0.4, -0.2) is 11.7 Å². The van der Waals surface area contributed by atoms with E-state index >= 15 is 0 Å². The SMILES string of the molecule is CCO.Cl.Cl.Cl. The van der Waals surface area contributed by atoms with E-state index in [-0.39, 0.29) is 43.8 Å². The third-order valence-electron chi connectivity index (χ3n) is 0. The molecule has 1 N–H and O–H groups in total. The predicted molar refractivity (Wildman–Crippen MR) is 34.5 cm³/mol. The van der Waals surface area contributed by atoms with E-state index in [1.807, 2.05) is 0 Å². The molecule has 0 spiro atoms. The van der Waals surface area contributed by atoms with Crippen LogP contribution in [0, 0.1) is 0 Å². The first-order chi connectivity index (χ1) is 1.41. The fraction of sp³-hybridized carbons (Fsp3) is 1.00. The van der Waals surface area contributed by atoms with Gasteiger partial charge >= 0.3 is 0 Å². The largest absolute Gasteiger partial charge is 0.397 e. The average molecular weight is 155 g/mol. The standard InChI is InChI=1S/C2H6O.3ClH/c1-2-3;;;/h3H,2H2,1H3;3*1H. The van der Waals surface area contributed by atoms with Crippen molar-refractivity contribution in [2.24, 2.45) is 0 Å². The minimum absolute atomic E-state index is 0. The molecule has 6 heavy (non-hydrogen) atoms.